The Kier molecular flexibility index (Phi) is 5.38. The second-order valence-electron chi connectivity index (χ2n) is 15.3. The van der Waals surface area contributed by atoms with Gasteiger partial charge in [-0.2, -0.15) is 0 Å². The maximum Gasteiger partial charge on any atom is 0.0849 e. The van der Waals surface area contributed by atoms with Crippen molar-refractivity contribution >= 4 is 0 Å². The Hall–Kier alpha value is -0.120. The van der Waals surface area contributed by atoms with Crippen molar-refractivity contribution in [3.63, 3.8) is 0 Å². The van der Waals surface area contributed by atoms with Crippen LogP contribution >= 0.6 is 0 Å². The second-order valence-corrected chi connectivity index (χ2v) is 15.3. The Labute approximate surface area is 203 Å². The van der Waals surface area contributed by atoms with Gasteiger partial charge in [0.2, 0.25) is 0 Å². The molecule has 3 N–H and O–H groups in total. The molecule has 0 aromatic heterocycles. The summed E-state index contributed by atoms with van der Waals surface area (Å²) in [6, 6.07) is 0. The lowest BCUT2D eigenvalue weighted by Gasteiger charge is -2.63. The zero-order chi connectivity index (χ0) is 24.2. The lowest BCUT2D eigenvalue weighted by Crippen LogP contribution is -2.57. The number of hydrogen-bond acceptors (Lipinski definition) is 3. The number of rotatable bonds is 5. The summed E-state index contributed by atoms with van der Waals surface area (Å²) >= 11 is 0. The van der Waals surface area contributed by atoms with E-state index in [1.54, 1.807) is 13.8 Å². The van der Waals surface area contributed by atoms with Gasteiger partial charge in [-0.15, -0.1) is 0 Å². The van der Waals surface area contributed by atoms with Crippen LogP contribution in [0.15, 0.2) is 0 Å². The fourth-order valence-corrected chi connectivity index (χ4v) is 11.3. The van der Waals surface area contributed by atoms with Gasteiger partial charge in [0.25, 0.3) is 0 Å². The van der Waals surface area contributed by atoms with Gasteiger partial charge in [-0.3, -0.25) is 0 Å². The minimum absolute atomic E-state index is 0.0718. The Balaban J connectivity index is 1.37. The Morgan fingerprint density at radius 1 is 0.818 bits per heavy atom. The molecule has 0 heterocycles. The molecule has 33 heavy (non-hydrogen) atoms. The van der Waals surface area contributed by atoms with Gasteiger partial charge in [0.1, 0.15) is 0 Å². The monoisotopic (exact) mass is 460 g/mol. The van der Waals surface area contributed by atoms with E-state index in [1.165, 1.54) is 51.4 Å². The summed E-state index contributed by atoms with van der Waals surface area (Å²) in [7, 11) is 0. The van der Waals surface area contributed by atoms with Crippen molar-refractivity contribution in [1.29, 1.82) is 0 Å². The fraction of sp³-hybridized carbons (Fsp3) is 1.00. The van der Waals surface area contributed by atoms with Crippen LogP contribution in [0.2, 0.25) is 0 Å². The van der Waals surface area contributed by atoms with Crippen molar-refractivity contribution in [2.45, 2.75) is 137 Å². The molecule has 5 rings (SSSR count). The molecule has 10 atom stereocenters. The van der Waals surface area contributed by atoms with Crippen LogP contribution in [0.1, 0.15) is 119 Å². The Bertz CT molecular complexity index is 784. The fourth-order valence-electron chi connectivity index (χ4n) is 11.3. The van der Waals surface area contributed by atoms with Gasteiger partial charge in [-0.25, -0.2) is 0 Å². The maximum atomic E-state index is 10.8. The predicted octanol–water partition coefficient (Wildman–Crippen LogP) is 6.33. The highest BCUT2D eigenvalue weighted by molar-refractivity contribution is 5.30. The standard InChI is InChI=1S/C30H52O3/c1-19(8-11-24(32)26(4,5)33)20-12-14-28(7)22-10-9-21-25(2,3)23(31)13-15-29(21)18-30(22,29)17-16-27(20,28)6/h19-24,31-33H,8-18H2,1-7H3/t19?,20-,21+,22+,23?,24?,27-,28+,29-,30+/m1/s1. The number of aliphatic hydroxyl groups is 3. The molecule has 2 spiro atoms. The summed E-state index contributed by atoms with van der Waals surface area (Å²) in [6.07, 6.45) is 12.8. The first-order valence-electron chi connectivity index (χ1n) is 14.2. The lowest BCUT2D eigenvalue weighted by molar-refractivity contribution is -0.161. The highest BCUT2D eigenvalue weighted by Gasteiger charge is 2.82. The zero-order valence-corrected chi connectivity index (χ0v) is 22.6. The average molecular weight is 461 g/mol. The van der Waals surface area contributed by atoms with E-state index in [1.807, 2.05) is 0 Å². The molecule has 5 aliphatic carbocycles. The quantitative estimate of drug-likeness (QED) is 0.449. The van der Waals surface area contributed by atoms with Gasteiger partial charge < -0.3 is 15.3 Å². The van der Waals surface area contributed by atoms with Gasteiger partial charge in [-0.1, -0.05) is 34.6 Å². The molecular weight excluding hydrogens is 408 g/mol. The molecule has 0 aromatic carbocycles. The summed E-state index contributed by atoms with van der Waals surface area (Å²) in [5, 5.41) is 31.5. The van der Waals surface area contributed by atoms with Crippen LogP contribution in [0.3, 0.4) is 0 Å². The van der Waals surface area contributed by atoms with Crippen molar-refractivity contribution in [2.24, 2.45) is 50.7 Å². The molecule has 0 amide bonds. The number of aliphatic hydroxyl groups excluding tert-OH is 2. The van der Waals surface area contributed by atoms with E-state index in [0.717, 1.165) is 24.7 Å². The minimum Gasteiger partial charge on any atom is -0.393 e. The van der Waals surface area contributed by atoms with E-state index >= 15 is 0 Å². The Morgan fingerprint density at radius 2 is 1.45 bits per heavy atom. The summed E-state index contributed by atoms with van der Waals surface area (Å²) in [5.74, 6) is 2.88. The number of hydrogen-bond donors (Lipinski definition) is 3. The molecule has 5 aliphatic rings. The van der Waals surface area contributed by atoms with E-state index in [9.17, 15) is 15.3 Å². The van der Waals surface area contributed by atoms with Gasteiger partial charge in [0.05, 0.1) is 17.8 Å². The van der Waals surface area contributed by atoms with Gasteiger partial charge >= 0.3 is 0 Å². The largest absolute Gasteiger partial charge is 0.393 e. The molecule has 0 aromatic rings. The highest BCUT2D eigenvalue weighted by atomic mass is 16.3. The van der Waals surface area contributed by atoms with E-state index in [0.29, 0.717) is 39.9 Å². The molecular formula is C30H52O3. The van der Waals surface area contributed by atoms with Crippen LogP contribution in [0.25, 0.3) is 0 Å². The van der Waals surface area contributed by atoms with Crippen molar-refractivity contribution in [1.82, 2.24) is 0 Å². The molecule has 5 saturated carbocycles. The first-order chi connectivity index (χ1) is 15.2. The molecule has 0 radical (unpaired) electrons. The van der Waals surface area contributed by atoms with Crippen LogP contribution in [0, 0.1) is 50.7 Å². The molecule has 190 valence electrons. The minimum atomic E-state index is -1.01. The third kappa shape index (κ3) is 3.03. The van der Waals surface area contributed by atoms with E-state index < -0.39 is 11.7 Å². The molecule has 5 fully saturated rings. The predicted molar refractivity (Wildman–Crippen MR) is 134 cm³/mol. The lowest BCUT2D eigenvalue weighted by atomic mass is 9.41. The molecule has 0 aliphatic heterocycles. The normalized spacial score (nSPS) is 52.2. The summed E-state index contributed by atoms with van der Waals surface area (Å²) < 4.78 is 0. The summed E-state index contributed by atoms with van der Waals surface area (Å²) in [6.45, 7) is 15.9. The van der Waals surface area contributed by atoms with E-state index in [2.05, 4.69) is 34.6 Å². The first-order valence-corrected chi connectivity index (χ1v) is 14.2. The summed E-state index contributed by atoms with van der Waals surface area (Å²) in [5.41, 5.74) is 0.949. The van der Waals surface area contributed by atoms with Crippen molar-refractivity contribution in [3.05, 3.63) is 0 Å². The van der Waals surface area contributed by atoms with Gasteiger partial charge in [-0.05, 0) is 135 Å². The van der Waals surface area contributed by atoms with E-state index in [4.69, 9.17) is 0 Å². The molecule has 3 unspecified atom stereocenters. The van der Waals surface area contributed by atoms with Crippen LogP contribution in [-0.4, -0.2) is 33.1 Å². The van der Waals surface area contributed by atoms with Gasteiger partial charge in [0, 0.05) is 0 Å². The van der Waals surface area contributed by atoms with Crippen LogP contribution in [0.5, 0.6) is 0 Å². The zero-order valence-electron chi connectivity index (χ0n) is 22.6. The smallest absolute Gasteiger partial charge is 0.0849 e. The van der Waals surface area contributed by atoms with Crippen LogP contribution in [-0.2, 0) is 0 Å². The summed E-state index contributed by atoms with van der Waals surface area (Å²) in [4.78, 5) is 0. The Morgan fingerprint density at radius 3 is 2.12 bits per heavy atom. The highest BCUT2D eigenvalue weighted by Crippen LogP contribution is 2.89. The third-order valence-electron chi connectivity index (χ3n) is 13.6. The first kappa shape index (κ1) is 24.6. The van der Waals surface area contributed by atoms with Crippen molar-refractivity contribution in [3.8, 4) is 0 Å². The van der Waals surface area contributed by atoms with Crippen LogP contribution in [0.4, 0.5) is 0 Å². The average Bonchev–Trinajstić information content (AvgIpc) is 3.31. The SMILES string of the molecule is CC(CCC(O)C(C)(C)O)[C@H]1CC[C@@]2(C)[C@@H]3CC[C@H]4C(C)(C)C(O)CC[C@@]45C[C@@]35CC[C@]12C. The molecule has 0 bridgehead atoms. The number of fused-ring (bicyclic) bond motifs is 2. The second kappa shape index (κ2) is 7.22. The molecule has 3 heteroatoms. The topological polar surface area (TPSA) is 60.7 Å². The van der Waals surface area contributed by atoms with Gasteiger partial charge in [0.15, 0.2) is 0 Å². The van der Waals surface area contributed by atoms with Crippen LogP contribution < -0.4 is 0 Å². The molecule has 3 nitrogen and oxygen atoms in total. The molecule has 0 saturated heterocycles. The third-order valence-corrected chi connectivity index (χ3v) is 13.6. The van der Waals surface area contributed by atoms with E-state index in [-0.39, 0.29) is 11.5 Å². The van der Waals surface area contributed by atoms with Crippen molar-refractivity contribution in [2.75, 3.05) is 0 Å². The van der Waals surface area contributed by atoms with Crippen molar-refractivity contribution < 1.29 is 15.3 Å². The maximum absolute atomic E-state index is 10.8.